The van der Waals surface area contributed by atoms with Gasteiger partial charge < -0.3 is 0 Å². The van der Waals surface area contributed by atoms with E-state index in [-0.39, 0.29) is 18.0 Å². The van der Waals surface area contributed by atoms with Gasteiger partial charge in [-0.3, -0.25) is 25.0 Å². The van der Waals surface area contributed by atoms with Crippen molar-refractivity contribution in [3.63, 3.8) is 0 Å². The summed E-state index contributed by atoms with van der Waals surface area (Å²) in [5.74, 6) is -0.770. The van der Waals surface area contributed by atoms with E-state index in [9.17, 15) is 19.7 Å². The summed E-state index contributed by atoms with van der Waals surface area (Å²) in [5.41, 5.74) is -0.682. The molecule has 0 unspecified atom stereocenters. The Balaban J connectivity index is 2.56. The van der Waals surface area contributed by atoms with Crippen LogP contribution >= 0.6 is 0 Å². The number of nitrogens with one attached hydrogen (secondary N) is 1. The van der Waals surface area contributed by atoms with Crippen LogP contribution < -0.4 is 5.32 Å². The number of para-hydroxylation sites is 1. The average molecular weight is 262 g/mol. The summed E-state index contributed by atoms with van der Waals surface area (Å²) in [5, 5.41) is 13.4. The lowest BCUT2D eigenvalue weighted by atomic mass is 9.71. The minimum absolute atomic E-state index is 0.0751. The number of carbonyl (C=O) groups is 2. The van der Waals surface area contributed by atoms with Crippen LogP contribution in [0, 0.1) is 10.1 Å². The minimum Gasteiger partial charge on any atom is -0.296 e. The fourth-order valence-electron chi connectivity index (χ4n) is 2.57. The fraction of sp³-hybridized carbons (Fsp3) is 0.385. The Morgan fingerprint density at radius 1 is 1.37 bits per heavy atom. The van der Waals surface area contributed by atoms with Crippen molar-refractivity contribution in [3.8, 4) is 0 Å². The lowest BCUT2D eigenvalue weighted by Crippen LogP contribution is -2.51. The van der Waals surface area contributed by atoms with Crippen molar-refractivity contribution in [2.24, 2.45) is 0 Å². The van der Waals surface area contributed by atoms with Gasteiger partial charge in [0.15, 0.2) is 0 Å². The summed E-state index contributed by atoms with van der Waals surface area (Å²) in [6.45, 7) is 1.80. The van der Waals surface area contributed by atoms with Crippen LogP contribution in [-0.2, 0) is 15.0 Å². The second-order valence-electron chi connectivity index (χ2n) is 4.59. The van der Waals surface area contributed by atoms with E-state index in [1.807, 2.05) is 0 Å². The number of carbonyl (C=O) groups excluding carboxylic acids is 2. The Morgan fingerprint density at radius 2 is 2.05 bits per heavy atom. The molecule has 1 N–H and O–H groups in total. The van der Waals surface area contributed by atoms with E-state index < -0.39 is 16.2 Å². The maximum atomic E-state index is 12.2. The summed E-state index contributed by atoms with van der Waals surface area (Å²) in [6, 6.07) is 6.22. The number of nitro benzene ring substituents is 1. The molecule has 1 aliphatic rings. The van der Waals surface area contributed by atoms with Crippen LogP contribution in [0.15, 0.2) is 24.3 Å². The Bertz CT molecular complexity index is 555. The third-order valence-electron chi connectivity index (χ3n) is 3.69. The molecule has 19 heavy (non-hydrogen) atoms. The normalized spacial score (nSPS) is 23.0. The smallest absolute Gasteiger partial charge is 0.273 e. The maximum Gasteiger partial charge on any atom is 0.273 e. The minimum atomic E-state index is -0.989. The van der Waals surface area contributed by atoms with Gasteiger partial charge in [0.25, 0.3) is 5.69 Å². The first-order valence-corrected chi connectivity index (χ1v) is 6.09. The molecule has 0 saturated carbocycles. The summed E-state index contributed by atoms with van der Waals surface area (Å²) in [4.78, 5) is 34.1. The quantitative estimate of drug-likeness (QED) is 0.510. The summed E-state index contributed by atoms with van der Waals surface area (Å²) in [6.07, 6.45) is 0.918. The molecule has 1 aliphatic heterocycles. The molecule has 1 aromatic carbocycles. The summed E-state index contributed by atoms with van der Waals surface area (Å²) < 4.78 is 0. The number of amides is 2. The summed E-state index contributed by atoms with van der Waals surface area (Å²) >= 11 is 0. The van der Waals surface area contributed by atoms with Crippen LogP contribution in [0.2, 0.25) is 0 Å². The standard InChI is InChI=1S/C13H14N2O4/c1-2-13(8-7-11(16)14-12(13)17)9-5-3-4-6-10(9)15(18)19/h3-6H,2,7-8H2,1H3,(H,14,16,17)/t13-/m0/s1. The maximum absolute atomic E-state index is 12.2. The highest BCUT2D eigenvalue weighted by Gasteiger charge is 2.46. The van der Waals surface area contributed by atoms with Gasteiger partial charge in [-0.15, -0.1) is 0 Å². The third kappa shape index (κ3) is 2.09. The van der Waals surface area contributed by atoms with Gasteiger partial charge in [0.2, 0.25) is 11.8 Å². The van der Waals surface area contributed by atoms with E-state index in [1.165, 1.54) is 6.07 Å². The predicted molar refractivity (Wildman–Crippen MR) is 67.4 cm³/mol. The predicted octanol–water partition coefficient (Wildman–Crippen LogP) is 1.68. The molecule has 0 aliphatic carbocycles. The van der Waals surface area contributed by atoms with E-state index in [1.54, 1.807) is 25.1 Å². The molecule has 0 radical (unpaired) electrons. The Labute approximate surface area is 110 Å². The Hall–Kier alpha value is -2.24. The van der Waals surface area contributed by atoms with E-state index in [0.717, 1.165) is 0 Å². The van der Waals surface area contributed by atoms with Gasteiger partial charge in [-0.05, 0) is 12.8 Å². The van der Waals surface area contributed by atoms with Crippen LogP contribution in [0.3, 0.4) is 0 Å². The highest BCUT2D eigenvalue weighted by atomic mass is 16.6. The van der Waals surface area contributed by atoms with E-state index >= 15 is 0 Å². The van der Waals surface area contributed by atoms with Crippen molar-refractivity contribution >= 4 is 17.5 Å². The second kappa shape index (κ2) is 4.79. The van der Waals surface area contributed by atoms with E-state index in [0.29, 0.717) is 18.4 Å². The average Bonchev–Trinajstić information content (AvgIpc) is 2.39. The van der Waals surface area contributed by atoms with Gasteiger partial charge in [0.1, 0.15) is 0 Å². The molecule has 100 valence electrons. The number of hydrogen-bond donors (Lipinski definition) is 1. The number of piperidine rings is 1. The van der Waals surface area contributed by atoms with Gasteiger partial charge in [-0.2, -0.15) is 0 Å². The highest BCUT2D eigenvalue weighted by Crippen LogP contribution is 2.40. The zero-order chi connectivity index (χ0) is 14.0. The molecule has 2 amide bonds. The zero-order valence-corrected chi connectivity index (χ0v) is 10.5. The van der Waals surface area contributed by atoms with Gasteiger partial charge in [0.05, 0.1) is 10.3 Å². The van der Waals surface area contributed by atoms with Gasteiger partial charge in [-0.1, -0.05) is 25.1 Å². The second-order valence-corrected chi connectivity index (χ2v) is 4.59. The highest BCUT2D eigenvalue weighted by molar-refractivity contribution is 6.03. The first-order valence-electron chi connectivity index (χ1n) is 6.09. The van der Waals surface area contributed by atoms with Gasteiger partial charge in [0, 0.05) is 18.1 Å². The van der Waals surface area contributed by atoms with Crippen molar-refractivity contribution in [3.05, 3.63) is 39.9 Å². The molecule has 0 aromatic heterocycles. The van der Waals surface area contributed by atoms with Crippen LogP contribution in [0.5, 0.6) is 0 Å². The third-order valence-corrected chi connectivity index (χ3v) is 3.69. The molecule has 0 bridgehead atoms. The topological polar surface area (TPSA) is 89.3 Å². The molecular weight excluding hydrogens is 248 g/mol. The lowest BCUT2D eigenvalue weighted by Gasteiger charge is -2.34. The molecule has 6 heteroatoms. The molecule has 2 rings (SSSR count). The van der Waals surface area contributed by atoms with Crippen molar-refractivity contribution in [2.45, 2.75) is 31.6 Å². The largest absolute Gasteiger partial charge is 0.296 e. The van der Waals surface area contributed by atoms with Crippen molar-refractivity contribution in [1.29, 1.82) is 0 Å². The zero-order valence-electron chi connectivity index (χ0n) is 10.5. The van der Waals surface area contributed by atoms with Gasteiger partial charge >= 0.3 is 0 Å². The lowest BCUT2D eigenvalue weighted by molar-refractivity contribution is -0.386. The Morgan fingerprint density at radius 3 is 2.63 bits per heavy atom. The Kier molecular flexibility index (Phi) is 3.33. The van der Waals surface area contributed by atoms with Crippen LogP contribution in [-0.4, -0.2) is 16.7 Å². The van der Waals surface area contributed by atoms with E-state index in [4.69, 9.17) is 0 Å². The van der Waals surface area contributed by atoms with Crippen molar-refractivity contribution in [2.75, 3.05) is 0 Å². The molecule has 1 heterocycles. The number of nitrogens with zero attached hydrogens (tertiary/aromatic N) is 1. The molecule has 1 atom stereocenters. The molecule has 6 nitrogen and oxygen atoms in total. The SMILES string of the molecule is CC[C@@]1(c2ccccc2[N+](=O)[O-])CCC(=O)NC1=O. The van der Waals surface area contributed by atoms with E-state index in [2.05, 4.69) is 5.32 Å². The first kappa shape index (κ1) is 13.2. The van der Waals surface area contributed by atoms with Gasteiger partial charge in [-0.25, -0.2) is 0 Å². The molecule has 1 aromatic rings. The molecule has 1 saturated heterocycles. The number of hydrogen-bond acceptors (Lipinski definition) is 4. The molecular formula is C13H14N2O4. The van der Waals surface area contributed by atoms with Crippen molar-refractivity contribution in [1.82, 2.24) is 5.32 Å². The number of nitro groups is 1. The monoisotopic (exact) mass is 262 g/mol. The van der Waals surface area contributed by atoms with Crippen LogP contribution in [0.25, 0.3) is 0 Å². The summed E-state index contributed by atoms with van der Waals surface area (Å²) in [7, 11) is 0. The van der Waals surface area contributed by atoms with Crippen molar-refractivity contribution < 1.29 is 14.5 Å². The molecule has 1 fully saturated rings. The molecule has 0 spiro atoms. The van der Waals surface area contributed by atoms with Crippen LogP contribution in [0.1, 0.15) is 31.7 Å². The van der Waals surface area contributed by atoms with Crippen LogP contribution in [0.4, 0.5) is 5.69 Å². The number of benzene rings is 1. The first-order chi connectivity index (χ1) is 9.01. The fourth-order valence-corrected chi connectivity index (χ4v) is 2.57. The number of rotatable bonds is 3. The number of imide groups is 1.